The number of nitrogens with one attached hydrogen (secondary N) is 2. The van der Waals surface area contributed by atoms with Crippen LogP contribution in [0, 0.1) is 11.8 Å². The highest BCUT2D eigenvalue weighted by atomic mass is 19.4. The van der Waals surface area contributed by atoms with Crippen LogP contribution in [0.2, 0.25) is 0 Å². The number of amides is 1. The molecule has 132 valence electrons. The molecular weight excluding hydrogens is 297 g/mol. The number of rotatable bonds is 8. The van der Waals surface area contributed by atoms with E-state index in [9.17, 15) is 18.0 Å². The van der Waals surface area contributed by atoms with Crippen LogP contribution in [-0.4, -0.2) is 37.5 Å². The van der Waals surface area contributed by atoms with Crippen molar-refractivity contribution in [1.29, 1.82) is 0 Å². The van der Waals surface area contributed by atoms with Gasteiger partial charge < -0.3 is 15.4 Å². The topological polar surface area (TPSA) is 50.4 Å². The molecule has 0 aromatic rings. The van der Waals surface area contributed by atoms with Gasteiger partial charge in [-0.05, 0) is 52.1 Å². The molecule has 0 fully saturated rings. The first-order valence-electron chi connectivity index (χ1n) is 7.65. The number of carbonyl (C=O) groups excluding carboxylic acids is 1. The zero-order chi connectivity index (χ0) is 17.4. The molecule has 0 aromatic carbocycles. The lowest BCUT2D eigenvalue weighted by Crippen LogP contribution is -2.39. The maximum atomic E-state index is 12.0. The van der Waals surface area contributed by atoms with E-state index in [-0.39, 0.29) is 12.3 Å². The van der Waals surface area contributed by atoms with Crippen LogP contribution < -0.4 is 10.6 Å². The van der Waals surface area contributed by atoms with Crippen molar-refractivity contribution in [3.8, 4) is 0 Å². The molecule has 22 heavy (non-hydrogen) atoms. The average molecular weight is 326 g/mol. The minimum absolute atomic E-state index is 0.0633. The molecule has 0 rings (SSSR count). The molecule has 0 aromatic heterocycles. The Hall–Kier alpha value is -0.980. The molecule has 0 aliphatic rings. The third kappa shape index (κ3) is 12.7. The van der Waals surface area contributed by atoms with Gasteiger partial charge >= 0.3 is 12.3 Å². The van der Waals surface area contributed by atoms with Crippen LogP contribution in [-0.2, 0) is 4.74 Å². The Balaban J connectivity index is 4.00. The summed E-state index contributed by atoms with van der Waals surface area (Å²) in [6.07, 6.45) is -5.29. The van der Waals surface area contributed by atoms with Crippen LogP contribution in [0.1, 0.15) is 47.5 Å². The van der Waals surface area contributed by atoms with E-state index in [1.807, 2.05) is 13.8 Å². The fraction of sp³-hybridized carbons (Fsp3) is 0.933. The molecule has 7 heteroatoms. The summed E-state index contributed by atoms with van der Waals surface area (Å²) >= 11 is 0. The predicted octanol–water partition coefficient (Wildman–Crippen LogP) is 3.72. The standard InChI is InChI=1S/C15H29F3N2O2/c1-11(2)12(9-19-8-6-7-15(16,17)18)10-20-13(21)22-14(3,4)5/h11-12,19H,6-10H2,1-5H3,(H,20,21). The van der Waals surface area contributed by atoms with Crippen molar-refractivity contribution in [1.82, 2.24) is 10.6 Å². The Morgan fingerprint density at radius 1 is 1.14 bits per heavy atom. The van der Waals surface area contributed by atoms with E-state index in [1.54, 1.807) is 20.8 Å². The van der Waals surface area contributed by atoms with Crippen molar-refractivity contribution < 1.29 is 22.7 Å². The smallest absolute Gasteiger partial charge is 0.407 e. The van der Waals surface area contributed by atoms with Crippen molar-refractivity contribution in [3.63, 3.8) is 0 Å². The van der Waals surface area contributed by atoms with Crippen molar-refractivity contribution in [2.75, 3.05) is 19.6 Å². The van der Waals surface area contributed by atoms with Gasteiger partial charge in [-0.3, -0.25) is 0 Å². The third-order valence-corrected chi connectivity index (χ3v) is 3.07. The predicted molar refractivity (Wildman–Crippen MR) is 80.7 cm³/mol. The van der Waals surface area contributed by atoms with Gasteiger partial charge in [-0.15, -0.1) is 0 Å². The third-order valence-electron chi connectivity index (χ3n) is 3.07. The summed E-state index contributed by atoms with van der Waals surface area (Å²) < 4.78 is 41.2. The maximum absolute atomic E-state index is 12.0. The molecule has 0 heterocycles. The van der Waals surface area contributed by atoms with Gasteiger partial charge in [-0.1, -0.05) is 13.8 Å². The van der Waals surface area contributed by atoms with Crippen LogP contribution in [0.15, 0.2) is 0 Å². The molecular formula is C15H29F3N2O2. The van der Waals surface area contributed by atoms with Crippen molar-refractivity contribution in [2.45, 2.75) is 59.2 Å². The molecule has 4 nitrogen and oxygen atoms in total. The summed E-state index contributed by atoms with van der Waals surface area (Å²) in [6, 6.07) is 0. The van der Waals surface area contributed by atoms with Crippen LogP contribution >= 0.6 is 0 Å². The number of hydrogen-bond acceptors (Lipinski definition) is 3. The second-order valence-corrected chi connectivity index (χ2v) is 6.81. The van der Waals surface area contributed by atoms with Gasteiger partial charge in [0.2, 0.25) is 0 Å². The number of alkyl halides is 3. The molecule has 2 N–H and O–H groups in total. The monoisotopic (exact) mass is 326 g/mol. The minimum atomic E-state index is -4.10. The molecule has 0 aliphatic carbocycles. The molecule has 1 unspecified atom stereocenters. The number of alkyl carbamates (subject to hydrolysis) is 1. The van der Waals surface area contributed by atoms with Gasteiger partial charge in [0.25, 0.3) is 0 Å². The van der Waals surface area contributed by atoms with E-state index >= 15 is 0 Å². The summed E-state index contributed by atoms with van der Waals surface area (Å²) in [5.74, 6) is 0.434. The molecule has 0 spiro atoms. The van der Waals surface area contributed by atoms with Crippen LogP contribution in [0.5, 0.6) is 0 Å². The average Bonchev–Trinajstić information content (AvgIpc) is 2.28. The molecule has 1 atom stereocenters. The van der Waals surface area contributed by atoms with Crippen molar-refractivity contribution in [2.24, 2.45) is 11.8 Å². The lowest BCUT2D eigenvalue weighted by atomic mass is 9.96. The first-order valence-corrected chi connectivity index (χ1v) is 7.65. The van der Waals surface area contributed by atoms with E-state index in [0.29, 0.717) is 25.6 Å². The van der Waals surface area contributed by atoms with E-state index < -0.39 is 24.3 Å². The SMILES string of the molecule is CC(C)C(CNCCCC(F)(F)F)CNC(=O)OC(C)(C)C. The minimum Gasteiger partial charge on any atom is -0.444 e. The maximum Gasteiger partial charge on any atom is 0.407 e. The zero-order valence-electron chi connectivity index (χ0n) is 14.1. The number of hydrogen-bond donors (Lipinski definition) is 2. The molecule has 0 bridgehead atoms. The van der Waals surface area contributed by atoms with Gasteiger partial charge in [0.15, 0.2) is 0 Å². The number of halogens is 3. The lowest BCUT2D eigenvalue weighted by molar-refractivity contribution is -0.135. The van der Waals surface area contributed by atoms with Crippen LogP contribution in [0.3, 0.4) is 0 Å². The highest BCUT2D eigenvalue weighted by Crippen LogP contribution is 2.20. The fourth-order valence-corrected chi connectivity index (χ4v) is 1.77. The number of carbonyl (C=O) groups is 1. The second kappa shape index (κ2) is 9.22. The van der Waals surface area contributed by atoms with E-state index in [0.717, 1.165) is 0 Å². The van der Waals surface area contributed by atoms with E-state index in [2.05, 4.69) is 10.6 Å². The zero-order valence-corrected chi connectivity index (χ0v) is 14.1. The van der Waals surface area contributed by atoms with Gasteiger partial charge in [-0.2, -0.15) is 13.2 Å². The molecule has 0 saturated heterocycles. The molecule has 0 aliphatic heterocycles. The summed E-state index contributed by atoms with van der Waals surface area (Å²) in [4.78, 5) is 11.6. The van der Waals surface area contributed by atoms with Gasteiger partial charge in [0, 0.05) is 13.0 Å². The van der Waals surface area contributed by atoms with E-state index in [1.165, 1.54) is 0 Å². The van der Waals surface area contributed by atoms with Gasteiger partial charge in [0.1, 0.15) is 5.60 Å². The Labute approximate surface area is 131 Å². The van der Waals surface area contributed by atoms with Crippen LogP contribution in [0.25, 0.3) is 0 Å². The first-order chi connectivity index (χ1) is 9.91. The van der Waals surface area contributed by atoms with Gasteiger partial charge in [-0.25, -0.2) is 4.79 Å². The summed E-state index contributed by atoms with van der Waals surface area (Å²) in [6.45, 7) is 10.7. The highest BCUT2D eigenvalue weighted by Gasteiger charge is 2.26. The molecule has 0 saturated carbocycles. The van der Waals surface area contributed by atoms with Crippen molar-refractivity contribution in [3.05, 3.63) is 0 Å². The Morgan fingerprint density at radius 2 is 1.73 bits per heavy atom. The van der Waals surface area contributed by atoms with Crippen molar-refractivity contribution >= 4 is 6.09 Å². The summed E-state index contributed by atoms with van der Waals surface area (Å²) in [5, 5.41) is 5.72. The first kappa shape index (κ1) is 21.0. The lowest BCUT2D eigenvalue weighted by Gasteiger charge is -2.24. The summed E-state index contributed by atoms with van der Waals surface area (Å²) in [5.41, 5.74) is -0.548. The van der Waals surface area contributed by atoms with Crippen LogP contribution in [0.4, 0.5) is 18.0 Å². The Kier molecular flexibility index (Phi) is 8.81. The Bertz CT molecular complexity index is 326. The number of ether oxygens (including phenoxy) is 1. The molecule has 1 amide bonds. The van der Waals surface area contributed by atoms with Gasteiger partial charge in [0.05, 0.1) is 0 Å². The summed E-state index contributed by atoms with van der Waals surface area (Å²) in [7, 11) is 0. The fourth-order valence-electron chi connectivity index (χ4n) is 1.77. The Morgan fingerprint density at radius 3 is 2.18 bits per heavy atom. The largest absolute Gasteiger partial charge is 0.444 e. The highest BCUT2D eigenvalue weighted by molar-refractivity contribution is 5.67. The quantitative estimate of drug-likeness (QED) is 0.669. The van der Waals surface area contributed by atoms with E-state index in [4.69, 9.17) is 4.74 Å². The normalized spacial score (nSPS) is 14.0. The molecule has 0 radical (unpaired) electrons. The second-order valence-electron chi connectivity index (χ2n) is 6.81.